The second-order valence-electron chi connectivity index (χ2n) is 13.4. The predicted octanol–water partition coefficient (Wildman–Crippen LogP) is 9.68. The van der Waals surface area contributed by atoms with Crippen molar-refractivity contribution in [3.63, 3.8) is 0 Å². The number of aliphatic hydroxyl groups is 1. The zero-order chi connectivity index (χ0) is 30.5. The van der Waals surface area contributed by atoms with Crippen LogP contribution in [0.25, 0.3) is 22.0 Å². The number of allylic oxidation sites excluding steroid dienone is 2. The van der Waals surface area contributed by atoms with E-state index in [1.54, 1.807) is 10.4 Å². The van der Waals surface area contributed by atoms with Crippen molar-refractivity contribution in [1.82, 2.24) is 4.98 Å². The normalized spacial score (nSPS) is 15.2. The van der Waals surface area contributed by atoms with Crippen molar-refractivity contribution >= 4 is 43.1 Å². The number of aliphatic hydroxyl groups excluding tert-OH is 1. The predicted molar refractivity (Wildman–Crippen MR) is 191 cm³/mol. The molecule has 0 aliphatic carbocycles. The van der Waals surface area contributed by atoms with Crippen molar-refractivity contribution in [2.24, 2.45) is 11.8 Å². The molecular formula is C37H56IrNO2Si2-. The second-order valence-corrected chi connectivity index (χ2v) is 23.0. The number of aromatic nitrogens is 1. The molecule has 1 N–H and O–H groups in total. The largest absolute Gasteiger partial charge is 0.512 e. The van der Waals surface area contributed by atoms with Gasteiger partial charge in [0.25, 0.3) is 0 Å². The van der Waals surface area contributed by atoms with Gasteiger partial charge in [-0.3, -0.25) is 9.78 Å². The number of carbonyl (C=O) groups is 1. The third-order valence-corrected chi connectivity index (χ3v) is 16.8. The standard InChI is InChI=1S/C23H29NSi2.C13H24O2.CH3.Ir/c1-16-11-17(2)13-19(12-16)23-20-15-22-21(14-18(20)7-8-24-23)25(3,4)9-10-26(22,5)6;1-5-10(6-2)12(14)9-13(15)11(7-3)8-4;;/h7-8,11-15H,9-10H2,1-6H3;9-11,14H,5-8H2,1-4H3;1H3;/q;;-1;/b;12-9-;;. The van der Waals surface area contributed by atoms with Crippen LogP contribution in [0.5, 0.6) is 0 Å². The summed E-state index contributed by atoms with van der Waals surface area (Å²) in [6, 6.07) is 16.9. The van der Waals surface area contributed by atoms with Gasteiger partial charge in [0.15, 0.2) is 5.78 Å². The molecule has 1 aromatic heterocycles. The molecule has 239 valence electrons. The quantitative estimate of drug-likeness (QED) is 0.107. The van der Waals surface area contributed by atoms with Crippen molar-refractivity contribution in [2.45, 2.75) is 106 Å². The molecule has 0 saturated heterocycles. The molecular weight excluding hydrogens is 739 g/mol. The van der Waals surface area contributed by atoms with Crippen LogP contribution in [0.2, 0.25) is 38.3 Å². The number of rotatable bonds is 8. The Bertz CT molecular complexity index is 1380. The van der Waals surface area contributed by atoms with Gasteiger partial charge in [-0.1, -0.05) is 106 Å². The molecule has 3 aromatic rings. The molecule has 4 rings (SSSR count). The minimum Gasteiger partial charge on any atom is -0.512 e. The Balaban J connectivity index is 0.000000474. The molecule has 0 unspecified atom stereocenters. The fraction of sp³-hybridized carbons (Fsp3) is 0.486. The van der Waals surface area contributed by atoms with Crippen molar-refractivity contribution in [2.75, 3.05) is 0 Å². The van der Waals surface area contributed by atoms with Gasteiger partial charge in [-0.05, 0) is 63.1 Å². The van der Waals surface area contributed by atoms with Gasteiger partial charge in [-0.15, -0.1) is 0 Å². The van der Waals surface area contributed by atoms with Crippen molar-refractivity contribution in [3.8, 4) is 11.3 Å². The van der Waals surface area contributed by atoms with E-state index in [9.17, 15) is 9.90 Å². The first kappa shape index (κ1) is 39.2. The first-order chi connectivity index (χ1) is 19.3. The van der Waals surface area contributed by atoms with Gasteiger partial charge in [0.2, 0.25) is 0 Å². The minimum atomic E-state index is -1.36. The summed E-state index contributed by atoms with van der Waals surface area (Å²) in [4.78, 5) is 16.5. The Morgan fingerprint density at radius 1 is 0.837 bits per heavy atom. The molecule has 0 fully saturated rings. The van der Waals surface area contributed by atoms with Crippen LogP contribution in [-0.2, 0) is 24.9 Å². The third-order valence-electron chi connectivity index (χ3n) is 9.31. The van der Waals surface area contributed by atoms with E-state index in [4.69, 9.17) is 4.98 Å². The van der Waals surface area contributed by atoms with E-state index < -0.39 is 16.1 Å². The number of pyridine rings is 1. The maximum absolute atomic E-state index is 11.7. The molecule has 43 heavy (non-hydrogen) atoms. The van der Waals surface area contributed by atoms with Crippen LogP contribution in [0.1, 0.15) is 64.5 Å². The van der Waals surface area contributed by atoms with Crippen LogP contribution >= 0.6 is 0 Å². The summed E-state index contributed by atoms with van der Waals surface area (Å²) in [6.45, 7) is 22.6. The number of fused-ring (bicyclic) bond motifs is 2. The number of nitrogens with zero attached hydrogens (tertiary/aromatic N) is 1. The molecule has 0 saturated carbocycles. The molecule has 0 atom stereocenters. The Hall–Kier alpha value is -1.86. The number of hydrogen-bond donors (Lipinski definition) is 1. The molecule has 0 amide bonds. The average molecular weight is 795 g/mol. The maximum atomic E-state index is 11.7. The van der Waals surface area contributed by atoms with Gasteiger partial charge < -0.3 is 12.5 Å². The molecule has 0 spiro atoms. The van der Waals surface area contributed by atoms with E-state index in [1.807, 2.05) is 33.9 Å². The Morgan fingerprint density at radius 3 is 1.81 bits per heavy atom. The van der Waals surface area contributed by atoms with Crippen molar-refractivity contribution in [3.05, 3.63) is 73.0 Å². The summed E-state index contributed by atoms with van der Waals surface area (Å²) >= 11 is 0. The van der Waals surface area contributed by atoms with E-state index in [0.29, 0.717) is 0 Å². The van der Waals surface area contributed by atoms with Crippen LogP contribution in [0.15, 0.2) is 54.4 Å². The number of aryl methyl sites for hydroxylation is 2. The zero-order valence-electron chi connectivity index (χ0n) is 28.7. The fourth-order valence-corrected chi connectivity index (χ4v) is 16.6. The summed E-state index contributed by atoms with van der Waals surface area (Å²) < 4.78 is 0. The zero-order valence-corrected chi connectivity index (χ0v) is 33.0. The van der Waals surface area contributed by atoms with Crippen LogP contribution in [0.4, 0.5) is 0 Å². The second kappa shape index (κ2) is 16.5. The van der Waals surface area contributed by atoms with Crippen molar-refractivity contribution in [1.29, 1.82) is 0 Å². The molecule has 1 aliphatic rings. The molecule has 0 bridgehead atoms. The topological polar surface area (TPSA) is 50.2 Å². The molecule has 3 nitrogen and oxygen atoms in total. The van der Waals surface area contributed by atoms with Crippen molar-refractivity contribution < 1.29 is 30.0 Å². The Kier molecular flexibility index (Phi) is 15.0. The maximum Gasteiger partial charge on any atom is 0.162 e. The van der Waals surface area contributed by atoms with Gasteiger partial charge in [0.1, 0.15) is 0 Å². The molecule has 2 heterocycles. The van der Waals surface area contributed by atoms with E-state index in [0.717, 1.165) is 31.4 Å². The first-order valence-corrected chi connectivity index (χ1v) is 22.2. The van der Waals surface area contributed by atoms with Crippen LogP contribution in [-0.4, -0.2) is 32.0 Å². The van der Waals surface area contributed by atoms with Gasteiger partial charge in [0.05, 0.1) is 27.6 Å². The van der Waals surface area contributed by atoms with E-state index in [-0.39, 0.29) is 50.9 Å². The van der Waals surface area contributed by atoms with Crippen LogP contribution in [0.3, 0.4) is 0 Å². The average Bonchev–Trinajstić information content (AvgIpc) is 2.91. The summed E-state index contributed by atoms with van der Waals surface area (Å²) in [7, 11) is -2.67. The number of hydrogen-bond acceptors (Lipinski definition) is 3. The van der Waals surface area contributed by atoms with Gasteiger partial charge in [0, 0.05) is 55.2 Å². The van der Waals surface area contributed by atoms with E-state index >= 15 is 0 Å². The molecule has 1 aliphatic heterocycles. The summed E-state index contributed by atoms with van der Waals surface area (Å²) in [5.74, 6) is 0.547. The number of benzene rings is 2. The van der Waals surface area contributed by atoms with Crippen LogP contribution < -0.4 is 10.4 Å². The Morgan fingerprint density at radius 2 is 1.33 bits per heavy atom. The third kappa shape index (κ3) is 9.32. The van der Waals surface area contributed by atoms with E-state index in [1.165, 1.54) is 45.6 Å². The molecule has 2 aromatic carbocycles. The summed E-state index contributed by atoms with van der Waals surface area (Å²) in [5, 5.41) is 15.9. The Labute approximate surface area is 278 Å². The number of carbonyl (C=O) groups excluding carboxylic acids is 1. The fourth-order valence-electron chi connectivity index (χ4n) is 6.36. The SMILES string of the molecule is CCC(CC)C(=O)/C=C(\O)C(CC)CC.Cc1cc(C)cc(-c2nccc3cc4c(cc23)[Si](C)(C)CC[Si]4(C)C)c1.[CH3-].[Ir]. The minimum absolute atomic E-state index is 0. The summed E-state index contributed by atoms with van der Waals surface area (Å²) in [6.07, 6.45) is 6.89. The molecule has 1 radical (unpaired) electrons. The smallest absolute Gasteiger partial charge is 0.162 e. The summed E-state index contributed by atoms with van der Waals surface area (Å²) in [5.41, 5.74) is 5.01. The van der Waals surface area contributed by atoms with Gasteiger partial charge >= 0.3 is 0 Å². The molecule has 6 heteroatoms. The van der Waals surface area contributed by atoms with Crippen LogP contribution in [0, 0.1) is 33.1 Å². The van der Waals surface area contributed by atoms with Gasteiger partial charge in [-0.25, -0.2) is 0 Å². The number of ketones is 1. The van der Waals surface area contributed by atoms with Gasteiger partial charge in [-0.2, -0.15) is 0 Å². The monoisotopic (exact) mass is 795 g/mol. The van der Waals surface area contributed by atoms with E-state index in [2.05, 4.69) is 76.4 Å². The first-order valence-electron chi connectivity index (χ1n) is 15.7.